The quantitative estimate of drug-likeness (QED) is 0.177. The summed E-state index contributed by atoms with van der Waals surface area (Å²) in [5.41, 5.74) is 12.3. The zero-order chi connectivity index (χ0) is 33.5. The predicted molar refractivity (Wildman–Crippen MR) is 219 cm³/mol. The maximum Gasteiger partial charge on any atom is 0.0547 e. The van der Waals surface area contributed by atoms with E-state index in [1.807, 2.05) is 11.3 Å². The Labute approximate surface area is 298 Å². The third kappa shape index (κ3) is 4.29. The molecule has 3 heteroatoms. The van der Waals surface area contributed by atoms with Crippen molar-refractivity contribution in [2.24, 2.45) is 0 Å². The van der Waals surface area contributed by atoms with Gasteiger partial charge in [0.05, 0.1) is 22.1 Å². The van der Waals surface area contributed by atoms with E-state index in [0.717, 1.165) is 0 Å². The van der Waals surface area contributed by atoms with Crippen molar-refractivity contribution in [1.82, 2.24) is 9.13 Å². The molecule has 11 aromatic rings. The smallest absolute Gasteiger partial charge is 0.0547 e. The van der Waals surface area contributed by atoms with Crippen molar-refractivity contribution < 1.29 is 0 Å². The number of aromatic nitrogens is 2. The molecule has 0 amide bonds. The first-order valence-electron chi connectivity index (χ1n) is 17.4. The highest BCUT2D eigenvalue weighted by atomic mass is 32.1. The number of benzene rings is 8. The maximum absolute atomic E-state index is 2.40. The van der Waals surface area contributed by atoms with E-state index in [0.29, 0.717) is 0 Å². The van der Waals surface area contributed by atoms with Gasteiger partial charge in [0.25, 0.3) is 0 Å². The van der Waals surface area contributed by atoms with Gasteiger partial charge in [0.15, 0.2) is 0 Å². The number of fused-ring (bicyclic) bond motifs is 9. The standard InChI is InChI=1S/C48H30N2S/c1-3-12-34(13-4-1)49-42-19-9-7-16-37(42)41-28-31(24-27-44(41)49)32-22-25-38-39-26-23-33(30-47(39)51-46(38)29-32)36-18-11-21-45-48(36)40-17-8-10-20-43(40)50(45)35-14-5-2-6-15-35/h1-30H. The van der Waals surface area contributed by atoms with Crippen LogP contribution in [0.1, 0.15) is 0 Å². The fraction of sp³-hybridized carbons (Fsp3) is 0. The molecule has 0 saturated heterocycles. The summed E-state index contributed by atoms with van der Waals surface area (Å²) in [6.45, 7) is 0. The van der Waals surface area contributed by atoms with Crippen molar-refractivity contribution in [3.8, 4) is 33.6 Å². The van der Waals surface area contributed by atoms with Gasteiger partial charge in [0, 0.05) is 53.1 Å². The molecule has 3 aromatic heterocycles. The Bertz CT molecular complexity index is 3130. The molecule has 0 bridgehead atoms. The topological polar surface area (TPSA) is 9.86 Å². The monoisotopic (exact) mass is 666 g/mol. The fourth-order valence-electron chi connectivity index (χ4n) is 8.25. The first kappa shape index (κ1) is 28.4. The summed E-state index contributed by atoms with van der Waals surface area (Å²) < 4.78 is 7.39. The highest BCUT2D eigenvalue weighted by Gasteiger charge is 2.17. The summed E-state index contributed by atoms with van der Waals surface area (Å²) in [7, 11) is 0. The van der Waals surface area contributed by atoms with Crippen LogP contribution in [-0.2, 0) is 0 Å². The third-order valence-electron chi connectivity index (χ3n) is 10.5. The van der Waals surface area contributed by atoms with Crippen LogP contribution in [0.25, 0.3) is 97.4 Å². The van der Waals surface area contributed by atoms with Gasteiger partial charge in [-0.25, -0.2) is 0 Å². The zero-order valence-corrected chi connectivity index (χ0v) is 28.4. The summed E-state index contributed by atoms with van der Waals surface area (Å²) in [5, 5.41) is 7.74. The molecule has 0 aliphatic carbocycles. The Hall–Kier alpha value is -6.42. The molecule has 2 nitrogen and oxygen atoms in total. The molecule has 3 heterocycles. The molecule has 0 fully saturated rings. The molecular formula is C48H30N2S. The Morgan fingerprint density at radius 2 is 0.824 bits per heavy atom. The van der Waals surface area contributed by atoms with Gasteiger partial charge in [-0.05, 0) is 89.0 Å². The Morgan fingerprint density at radius 1 is 0.314 bits per heavy atom. The molecule has 0 unspecified atom stereocenters. The summed E-state index contributed by atoms with van der Waals surface area (Å²) in [6.07, 6.45) is 0. The predicted octanol–water partition coefficient (Wildman–Crippen LogP) is 13.6. The van der Waals surface area contributed by atoms with E-state index >= 15 is 0 Å². The van der Waals surface area contributed by atoms with E-state index in [1.54, 1.807) is 0 Å². The van der Waals surface area contributed by atoms with Crippen molar-refractivity contribution in [3.63, 3.8) is 0 Å². The van der Waals surface area contributed by atoms with Crippen molar-refractivity contribution in [1.29, 1.82) is 0 Å². The van der Waals surface area contributed by atoms with Gasteiger partial charge in [-0.15, -0.1) is 11.3 Å². The summed E-state index contributed by atoms with van der Waals surface area (Å²) in [4.78, 5) is 0. The SMILES string of the molecule is c1ccc(-n2c3ccccc3c3cc(-c4ccc5c(c4)sc4cc(-c6cccc7c6c6ccccc6n7-c6ccccc6)ccc45)ccc32)cc1. The molecular weight excluding hydrogens is 637 g/mol. The zero-order valence-electron chi connectivity index (χ0n) is 27.6. The summed E-state index contributed by atoms with van der Waals surface area (Å²) in [6, 6.07) is 66.6. The van der Waals surface area contributed by atoms with E-state index in [4.69, 9.17) is 0 Å². The average Bonchev–Trinajstić information content (AvgIpc) is 3.85. The number of nitrogens with zero attached hydrogens (tertiary/aromatic N) is 2. The number of hydrogen-bond donors (Lipinski definition) is 0. The van der Waals surface area contributed by atoms with Crippen molar-refractivity contribution >= 4 is 75.1 Å². The Kier molecular flexibility index (Phi) is 6.16. The van der Waals surface area contributed by atoms with Crippen LogP contribution in [0.3, 0.4) is 0 Å². The van der Waals surface area contributed by atoms with Gasteiger partial charge in [0.2, 0.25) is 0 Å². The minimum atomic E-state index is 1.18. The van der Waals surface area contributed by atoms with Gasteiger partial charge in [-0.1, -0.05) is 115 Å². The second-order valence-electron chi connectivity index (χ2n) is 13.3. The van der Waals surface area contributed by atoms with Crippen molar-refractivity contribution in [3.05, 3.63) is 182 Å². The van der Waals surface area contributed by atoms with Crippen LogP contribution < -0.4 is 0 Å². The van der Waals surface area contributed by atoms with Crippen LogP contribution in [0.5, 0.6) is 0 Å². The molecule has 0 N–H and O–H groups in total. The van der Waals surface area contributed by atoms with Crippen molar-refractivity contribution in [2.45, 2.75) is 0 Å². The van der Waals surface area contributed by atoms with E-state index in [2.05, 4.69) is 191 Å². The molecule has 238 valence electrons. The molecule has 0 aliphatic heterocycles. The van der Waals surface area contributed by atoms with E-state index in [9.17, 15) is 0 Å². The maximum atomic E-state index is 2.40. The molecule has 0 saturated carbocycles. The lowest BCUT2D eigenvalue weighted by atomic mass is 9.98. The van der Waals surface area contributed by atoms with Crippen LogP contribution in [0, 0.1) is 0 Å². The van der Waals surface area contributed by atoms with E-state index in [1.165, 1.54) is 97.4 Å². The number of hydrogen-bond acceptors (Lipinski definition) is 1. The van der Waals surface area contributed by atoms with Gasteiger partial charge in [-0.3, -0.25) is 0 Å². The third-order valence-corrected chi connectivity index (χ3v) is 11.6. The Morgan fingerprint density at radius 3 is 1.55 bits per heavy atom. The van der Waals surface area contributed by atoms with Gasteiger partial charge < -0.3 is 9.13 Å². The first-order chi connectivity index (χ1) is 25.3. The van der Waals surface area contributed by atoms with E-state index < -0.39 is 0 Å². The minimum absolute atomic E-state index is 1.18. The average molecular weight is 667 g/mol. The highest BCUT2D eigenvalue weighted by Crippen LogP contribution is 2.43. The van der Waals surface area contributed by atoms with Crippen LogP contribution in [0.2, 0.25) is 0 Å². The summed E-state index contributed by atoms with van der Waals surface area (Å²) >= 11 is 1.89. The second-order valence-corrected chi connectivity index (χ2v) is 14.4. The minimum Gasteiger partial charge on any atom is -0.309 e. The molecule has 11 rings (SSSR count). The first-order valence-corrected chi connectivity index (χ1v) is 18.3. The van der Waals surface area contributed by atoms with Crippen molar-refractivity contribution in [2.75, 3.05) is 0 Å². The molecule has 0 radical (unpaired) electrons. The highest BCUT2D eigenvalue weighted by molar-refractivity contribution is 7.25. The molecule has 0 spiro atoms. The second kappa shape index (κ2) is 11.0. The largest absolute Gasteiger partial charge is 0.309 e. The number of thiophene rings is 1. The van der Waals surface area contributed by atoms with Crippen LogP contribution >= 0.6 is 11.3 Å². The lowest BCUT2D eigenvalue weighted by Gasteiger charge is -2.09. The van der Waals surface area contributed by atoms with Crippen LogP contribution in [0.4, 0.5) is 0 Å². The molecule has 0 atom stereocenters. The van der Waals surface area contributed by atoms with E-state index in [-0.39, 0.29) is 0 Å². The van der Waals surface area contributed by atoms with Crippen LogP contribution in [0.15, 0.2) is 182 Å². The normalized spacial score (nSPS) is 11.9. The molecule has 51 heavy (non-hydrogen) atoms. The fourth-order valence-corrected chi connectivity index (χ4v) is 9.43. The number of para-hydroxylation sites is 4. The van der Waals surface area contributed by atoms with Gasteiger partial charge in [-0.2, -0.15) is 0 Å². The Balaban J connectivity index is 1.04. The van der Waals surface area contributed by atoms with Gasteiger partial charge in [0.1, 0.15) is 0 Å². The molecule has 8 aromatic carbocycles. The van der Waals surface area contributed by atoms with Gasteiger partial charge >= 0.3 is 0 Å². The number of rotatable bonds is 4. The lowest BCUT2D eigenvalue weighted by molar-refractivity contribution is 1.18. The lowest BCUT2D eigenvalue weighted by Crippen LogP contribution is -1.92. The summed E-state index contributed by atoms with van der Waals surface area (Å²) in [5.74, 6) is 0. The molecule has 0 aliphatic rings. The van der Waals surface area contributed by atoms with Crippen LogP contribution in [-0.4, -0.2) is 9.13 Å².